The minimum atomic E-state index is -2.67. The number of amides is 1. The van der Waals surface area contributed by atoms with Gasteiger partial charge in [0.25, 0.3) is 5.91 Å². The molecule has 11 nitrogen and oxygen atoms in total. The van der Waals surface area contributed by atoms with Crippen LogP contribution in [0.25, 0.3) is 17.1 Å². The van der Waals surface area contributed by atoms with Crippen LogP contribution < -0.4 is 5.73 Å². The van der Waals surface area contributed by atoms with Crippen molar-refractivity contribution in [2.24, 2.45) is 17.6 Å². The predicted octanol–water partition coefficient (Wildman–Crippen LogP) is 1.29. The van der Waals surface area contributed by atoms with Gasteiger partial charge < -0.3 is 35.5 Å². The van der Waals surface area contributed by atoms with Crippen LogP contribution in [0.15, 0.2) is 45.6 Å². The molecule has 0 bridgehead atoms. The van der Waals surface area contributed by atoms with Crippen LogP contribution in [-0.2, 0) is 27.3 Å². The standard InChI is InChI=1S/C28H31N3O8/c1-30(2)11-13-5-8-18(39-13)14-6-7-17(32)20-15(14)9-12-10-16-22(31(3)4)24(34)21(27(29)37)26(36)28(16,38)25(35)19(12)23(20)33/h5-8,12,16,22,32-33,36,38H,9-11H2,1-4H3,(H2,29,37)/t12-,16-,22+,28-/m0/s1. The Labute approximate surface area is 224 Å². The molecule has 39 heavy (non-hydrogen) atoms. The Morgan fingerprint density at radius 3 is 2.41 bits per heavy atom. The summed E-state index contributed by atoms with van der Waals surface area (Å²) in [5.41, 5.74) is 2.85. The lowest BCUT2D eigenvalue weighted by Gasteiger charge is -2.50. The van der Waals surface area contributed by atoms with E-state index in [1.165, 1.54) is 11.0 Å². The van der Waals surface area contributed by atoms with E-state index in [1.807, 2.05) is 25.1 Å². The molecule has 3 aliphatic carbocycles. The van der Waals surface area contributed by atoms with Crippen molar-refractivity contribution in [2.75, 3.05) is 28.2 Å². The molecule has 11 heteroatoms. The number of aromatic hydroxyl groups is 1. The summed E-state index contributed by atoms with van der Waals surface area (Å²) in [7, 11) is 6.94. The van der Waals surface area contributed by atoms with Crippen LogP contribution in [0.4, 0.5) is 0 Å². The van der Waals surface area contributed by atoms with Crippen molar-refractivity contribution >= 4 is 23.2 Å². The van der Waals surface area contributed by atoms with E-state index in [2.05, 4.69) is 0 Å². The first-order valence-corrected chi connectivity index (χ1v) is 12.5. The van der Waals surface area contributed by atoms with Gasteiger partial charge in [0.1, 0.15) is 34.4 Å². The number of ketones is 2. The van der Waals surface area contributed by atoms with Crippen LogP contribution >= 0.6 is 0 Å². The van der Waals surface area contributed by atoms with E-state index in [-0.39, 0.29) is 29.7 Å². The molecule has 6 N–H and O–H groups in total. The van der Waals surface area contributed by atoms with Crippen LogP contribution in [0.3, 0.4) is 0 Å². The van der Waals surface area contributed by atoms with Gasteiger partial charge in [-0.05, 0) is 76.8 Å². The predicted molar refractivity (Wildman–Crippen MR) is 139 cm³/mol. The number of fused-ring (bicyclic) bond motifs is 3. The maximum atomic E-state index is 13.9. The molecule has 1 saturated carbocycles. The van der Waals surface area contributed by atoms with Crippen LogP contribution in [-0.4, -0.2) is 87.5 Å². The van der Waals surface area contributed by atoms with Crippen molar-refractivity contribution in [2.45, 2.75) is 31.0 Å². The summed E-state index contributed by atoms with van der Waals surface area (Å²) in [6, 6.07) is 5.55. The SMILES string of the molecule is CN(C)Cc1ccc(-c2ccc(O)c3c2C[C@H]2C[C@H]4[C@@H](N(C)C)C(=O)C(C(N)=O)=C(O)[C@@]4(O)C(=O)C2=C3O)o1. The number of phenolic OH excluding ortho intramolecular Hbond substituents is 1. The highest BCUT2D eigenvalue weighted by molar-refractivity contribution is 6.24. The van der Waals surface area contributed by atoms with Crippen molar-refractivity contribution < 1.29 is 39.2 Å². The summed E-state index contributed by atoms with van der Waals surface area (Å²) in [4.78, 5) is 42.6. The Morgan fingerprint density at radius 1 is 1.10 bits per heavy atom. The molecule has 1 aromatic carbocycles. The quantitative estimate of drug-likeness (QED) is 0.349. The minimum absolute atomic E-state index is 0.0187. The number of hydrogen-bond donors (Lipinski definition) is 5. The molecule has 2 aromatic rings. The zero-order valence-electron chi connectivity index (χ0n) is 22.1. The number of hydrogen-bond acceptors (Lipinski definition) is 10. The van der Waals surface area contributed by atoms with Gasteiger partial charge in [-0.25, -0.2) is 0 Å². The van der Waals surface area contributed by atoms with Gasteiger partial charge in [0.2, 0.25) is 5.78 Å². The number of likely N-dealkylation sites (N-methyl/N-ethyl adjacent to an activating group) is 1. The second-order valence-electron chi connectivity index (χ2n) is 11.0. The van der Waals surface area contributed by atoms with Gasteiger partial charge in [-0.1, -0.05) is 0 Å². The van der Waals surface area contributed by atoms with Crippen molar-refractivity contribution in [1.29, 1.82) is 0 Å². The van der Waals surface area contributed by atoms with Crippen LogP contribution in [0.2, 0.25) is 0 Å². The van der Waals surface area contributed by atoms with Crippen molar-refractivity contribution in [3.63, 3.8) is 0 Å². The molecule has 0 saturated heterocycles. The van der Waals surface area contributed by atoms with Gasteiger partial charge in [0.15, 0.2) is 11.4 Å². The van der Waals surface area contributed by atoms with E-state index in [9.17, 15) is 34.8 Å². The maximum absolute atomic E-state index is 13.9. The number of rotatable bonds is 5. The molecule has 1 heterocycles. The van der Waals surface area contributed by atoms with Gasteiger partial charge in [0.05, 0.1) is 18.2 Å². The topological polar surface area (TPSA) is 178 Å². The Bertz CT molecular complexity index is 1480. The lowest BCUT2D eigenvalue weighted by Crippen LogP contribution is -2.65. The molecule has 5 rings (SSSR count). The first-order valence-electron chi connectivity index (χ1n) is 12.5. The van der Waals surface area contributed by atoms with Crippen LogP contribution in [0, 0.1) is 11.8 Å². The zero-order valence-corrected chi connectivity index (χ0v) is 22.1. The molecule has 0 unspecified atom stereocenters. The van der Waals surface area contributed by atoms with Crippen molar-refractivity contribution in [1.82, 2.24) is 9.80 Å². The molecule has 1 aromatic heterocycles. The van der Waals surface area contributed by atoms with E-state index in [4.69, 9.17) is 10.2 Å². The molecule has 206 valence electrons. The molecule has 4 atom stereocenters. The number of carbonyl (C=O) groups excluding carboxylic acids is 3. The smallest absolute Gasteiger partial charge is 0.255 e. The number of nitrogens with two attached hydrogens (primary N) is 1. The molecule has 3 aliphatic rings. The lowest BCUT2D eigenvalue weighted by atomic mass is 9.57. The third kappa shape index (κ3) is 3.80. The van der Waals surface area contributed by atoms with Gasteiger partial charge in [-0.3, -0.25) is 19.3 Å². The third-order valence-electron chi connectivity index (χ3n) is 8.00. The molecule has 0 radical (unpaired) electrons. The van der Waals surface area contributed by atoms with Gasteiger partial charge in [0, 0.05) is 17.1 Å². The number of phenols is 1. The number of furan rings is 1. The maximum Gasteiger partial charge on any atom is 0.255 e. The second-order valence-corrected chi connectivity index (χ2v) is 11.0. The van der Waals surface area contributed by atoms with Crippen LogP contribution in [0.5, 0.6) is 5.75 Å². The number of benzene rings is 1. The number of aliphatic hydroxyl groups is 3. The van der Waals surface area contributed by atoms with E-state index in [1.54, 1.807) is 26.2 Å². The highest BCUT2D eigenvalue weighted by atomic mass is 16.4. The molecular formula is C28H31N3O8. The summed E-state index contributed by atoms with van der Waals surface area (Å²) in [6.45, 7) is 0.567. The highest BCUT2D eigenvalue weighted by Crippen LogP contribution is 2.53. The first-order chi connectivity index (χ1) is 18.3. The van der Waals surface area contributed by atoms with E-state index in [0.717, 1.165) is 0 Å². The average Bonchev–Trinajstić information content (AvgIpc) is 3.28. The largest absolute Gasteiger partial charge is 0.508 e. The normalized spacial score (nSPS) is 26.7. The summed E-state index contributed by atoms with van der Waals surface area (Å²) in [6.07, 6.45) is 0.201. The van der Waals surface area contributed by atoms with Gasteiger partial charge in [-0.15, -0.1) is 0 Å². The monoisotopic (exact) mass is 537 g/mol. The lowest BCUT2D eigenvalue weighted by molar-refractivity contribution is -0.153. The zero-order chi connectivity index (χ0) is 28.5. The number of nitrogens with zero attached hydrogens (tertiary/aromatic N) is 2. The van der Waals surface area contributed by atoms with Gasteiger partial charge >= 0.3 is 0 Å². The van der Waals surface area contributed by atoms with Gasteiger partial charge in [-0.2, -0.15) is 0 Å². The molecule has 1 amide bonds. The molecular weight excluding hydrogens is 506 g/mol. The minimum Gasteiger partial charge on any atom is -0.508 e. The fourth-order valence-corrected chi connectivity index (χ4v) is 6.39. The second kappa shape index (κ2) is 9.08. The van der Waals surface area contributed by atoms with Crippen molar-refractivity contribution in [3.8, 4) is 17.1 Å². The summed E-state index contributed by atoms with van der Waals surface area (Å²) in [5, 5.41) is 44.7. The van der Waals surface area contributed by atoms with E-state index < -0.39 is 58.0 Å². The first kappa shape index (κ1) is 26.7. The Balaban J connectivity index is 1.69. The van der Waals surface area contributed by atoms with E-state index >= 15 is 0 Å². The molecule has 1 fully saturated rings. The van der Waals surface area contributed by atoms with Crippen molar-refractivity contribution in [3.05, 3.63) is 58.1 Å². The number of Topliss-reactive ketones (excluding diaryl/α,β-unsaturated/α-hetero) is 2. The number of aliphatic hydroxyl groups excluding tert-OH is 2. The molecule has 0 aliphatic heterocycles. The van der Waals surface area contributed by atoms with E-state index in [0.29, 0.717) is 29.2 Å². The highest BCUT2D eigenvalue weighted by Gasteiger charge is 2.64. The number of carbonyl (C=O) groups is 3. The third-order valence-corrected chi connectivity index (χ3v) is 8.00. The Morgan fingerprint density at radius 2 is 1.79 bits per heavy atom. The fraction of sp³-hybridized carbons (Fsp3) is 0.393. The van der Waals surface area contributed by atoms with Crippen LogP contribution in [0.1, 0.15) is 23.3 Å². The summed E-state index contributed by atoms with van der Waals surface area (Å²) >= 11 is 0. The molecule has 0 spiro atoms. The Hall–Kier alpha value is -3.93. The average molecular weight is 538 g/mol. The number of primary amides is 1. The summed E-state index contributed by atoms with van der Waals surface area (Å²) in [5.74, 6) is -5.59. The fourth-order valence-electron chi connectivity index (χ4n) is 6.39. The summed E-state index contributed by atoms with van der Waals surface area (Å²) < 4.78 is 6.03. The Kier molecular flexibility index (Phi) is 6.21.